The van der Waals surface area contributed by atoms with E-state index in [0.29, 0.717) is 5.88 Å². The first-order valence-electron chi connectivity index (χ1n) is 7.04. The maximum atomic E-state index is 6.32. The van der Waals surface area contributed by atoms with Crippen LogP contribution in [0.1, 0.15) is 43.7 Å². The van der Waals surface area contributed by atoms with Crippen molar-refractivity contribution >= 4 is 11.6 Å². The highest BCUT2D eigenvalue weighted by Gasteiger charge is 2.35. The van der Waals surface area contributed by atoms with E-state index in [1.54, 1.807) is 0 Å². The molecule has 1 unspecified atom stereocenters. The first kappa shape index (κ1) is 13.9. The average molecular weight is 267 g/mol. The summed E-state index contributed by atoms with van der Waals surface area (Å²) in [5.41, 5.74) is 3.09. The molecule has 1 aromatic rings. The van der Waals surface area contributed by atoms with Crippen molar-refractivity contribution in [1.82, 2.24) is 0 Å². The summed E-state index contributed by atoms with van der Waals surface area (Å²) in [6.45, 7) is 3.84. The van der Waals surface area contributed by atoms with E-state index in [-0.39, 0.29) is 5.41 Å². The highest BCUT2D eigenvalue weighted by molar-refractivity contribution is 6.18. The predicted octanol–water partition coefficient (Wildman–Crippen LogP) is 4.32. The largest absolute Gasteiger partial charge is 0.381 e. The summed E-state index contributed by atoms with van der Waals surface area (Å²) in [4.78, 5) is 0. The summed E-state index contributed by atoms with van der Waals surface area (Å²) >= 11 is 6.32. The normalized spacial score (nSPS) is 22.8. The first-order valence-corrected chi connectivity index (χ1v) is 7.58. The van der Waals surface area contributed by atoms with E-state index in [2.05, 4.69) is 31.2 Å². The molecule has 2 rings (SSSR count). The zero-order chi connectivity index (χ0) is 12.8. The van der Waals surface area contributed by atoms with Crippen LogP contribution in [0.2, 0.25) is 0 Å². The van der Waals surface area contributed by atoms with Gasteiger partial charge in [-0.25, -0.2) is 0 Å². The Morgan fingerprint density at radius 3 is 2.89 bits per heavy atom. The van der Waals surface area contributed by atoms with Crippen molar-refractivity contribution in [3.63, 3.8) is 0 Å². The molecule has 1 nitrogen and oxygen atoms in total. The van der Waals surface area contributed by atoms with Gasteiger partial charge in [-0.3, -0.25) is 0 Å². The summed E-state index contributed by atoms with van der Waals surface area (Å²) in [6, 6.07) is 8.79. The molecule has 0 radical (unpaired) electrons. The summed E-state index contributed by atoms with van der Waals surface area (Å²) in [5, 5.41) is 0. The molecule has 0 heterocycles. The molecule has 0 amide bonds. The second-order valence-corrected chi connectivity index (χ2v) is 5.55. The molecule has 0 aromatic heterocycles. The van der Waals surface area contributed by atoms with Crippen molar-refractivity contribution in [3.05, 3.63) is 35.4 Å². The zero-order valence-corrected chi connectivity index (χ0v) is 12.0. The van der Waals surface area contributed by atoms with Crippen molar-refractivity contribution in [2.75, 3.05) is 19.1 Å². The van der Waals surface area contributed by atoms with Crippen molar-refractivity contribution in [2.24, 2.45) is 0 Å². The van der Waals surface area contributed by atoms with Crippen LogP contribution in [0.3, 0.4) is 0 Å². The second kappa shape index (κ2) is 6.58. The van der Waals surface area contributed by atoms with Crippen molar-refractivity contribution in [2.45, 2.75) is 44.4 Å². The highest BCUT2D eigenvalue weighted by atomic mass is 35.5. The molecule has 1 aliphatic carbocycles. The van der Waals surface area contributed by atoms with Crippen molar-refractivity contribution in [3.8, 4) is 0 Å². The van der Waals surface area contributed by atoms with E-state index in [0.717, 1.165) is 26.1 Å². The first-order chi connectivity index (χ1) is 8.82. The second-order valence-electron chi connectivity index (χ2n) is 5.29. The Balaban J connectivity index is 2.12. The third kappa shape index (κ3) is 2.89. The molecule has 1 atom stereocenters. The van der Waals surface area contributed by atoms with E-state index in [9.17, 15) is 0 Å². The molecule has 0 spiro atoms. The van der Waals surface area contributed by atoms with Gasteiger partial charge >= 0.3 is 0 Å². The average Bonchev–Trinajstić information content (AvgIpc) is 2.44. The number of benzene rings is 1. The zero-order valence-electron chi connectivity index (χ0n) is 11.3. The summed E-state index contributed by atoms with van der Waals surface area (Å²) < 4.78 is 5.67. The van der Waals surface area contributed by atoms with Crippen LogP contribution in [0.25, 0.3) is 0 Å². The Kier molecular flexibility index (Phi) is 5.08. The Morgan fingerprint density at radius 1 is 1.28 bits per heavy atom. The van der Waals surface area contributed by atoms with Gasteiger partial charge in [0.2, 0.25) is 0 Å². The quantitative estimate of drug-likeness (QED) is 0.551. The number of aryl methyl sites for hydroxylation is 1. The van der Waals surface area contributed by atoms with Gasteiger partial charge in [0, 0.05) is 24.5 Å². The Morgan fingerprint density at radius 2 is 2.11 bits per heavy atom. The van der Waals surface area contributed by atoms with Crippen LogP contribution in [-0.2, 0) is 16.6 Å². The van der Waals surface area contributed by atoms with Crippen molar-refractivity contribution < 1.29 is 4.74 Å². The minimum atomic E-state index is 0.143. The number of fused-ring (bicyclic) bond motifs is 1. The molecular formula is C16H23ClO. The van der Waals surface area contributed by atoms with Gasteiger partial charge in [0.05, 0.1) is 0 Å². The van der Waals surface area contributed by atoms with Gasteiger partial charge in [-0.1, -0.05) is 31.2 Å². The number of ether oxygens (including phenoxy) is 1. The van der Waals surface area contributed by atoms with Crippen LogP contribution >= 0.6 is 11.6 Å². The van der Waals surface area contributed by atoms with E-state index in [4.69, 9.17) is 16.3 Å². The minimum absolute atomic E-state index is 0.143. The Hall–Kier alpha value is -0.530. The van der Waals surface area contributed by atoms with E-state index in [1.807, 2.05) is 0 Å². The lowest BCUT2D eigenvalue weighted by atomic mass is 9.69. The standard InChI is InChI=1S/C16H23ClO/c1-2-11-18-12-10-16(13-17)9-5-7-14-6-3-4-8-15(14)16/h3-4,6,8H,2,5,7,9-13H2,1H3. The predicted molar refractivity (Wildman–Crippen MR) is 77.5 cm³/mol. The van der Waals surface area contributed by atoms with Crippen molar-refractivity contribution in [1.29, 1.82) is 0 Å². The number of hydrogen-bond acceptors (Lipinski definition) is 1. The SMILES string of the molecule is CCCOCCC1(CCl)CCCc2ccccc21. The lowest BCUT2D eigenvalue weighted by molar-refractivity contribution is 0.113. The molecule has 1 aliphatic rings. The molecule has 18 heavy (non-hydrogen) atoms. The number of hydrogen-bond donors (Lipinski definition) is 0. The molecule has 0 fully saturated rings. The van der Waals surface area contributed by atoms with Gasteiger partial charge in [0.1, 0.15) is 0 Å². The lowest BCUT2D eigenvalue weighted by Crippen LogP contribution is -2.34. The van der Waals surface area contributed by atoms with Gasteiger partial charge in [0.25, 0.3) is 0 Å². The molecule has 0 aliphatic heterocycles. The summed E-state index contributed by atoms with van der Waals surface area (Å²) in [7, 11) is 0. The fourth-order valence-electron chi connectivity index (χ4n) is 2.99. The van der Waals surface area contributed by atoms with Gasteiger partial charge in [0.15, 0.2) is 0 Å². The van der Waals surface area contributed by atoms with Gasteiger partial charge in [-0.05, 0) is 43.2 Å². The molecule has 0 N–H and O–H groups in total. The van der Waals surface area contributed by atoms with E-state index >= 15 is 0 Å². The molecule has 0 saturated carbocycles. The summed E-state index contributed by atoms with van der Waals surface area (Å²) in [6.07, 6.45) is 5.78. The van der Waals surface area contributed by atoms with Crippen LogP contribution in [0.4, 0.5) is 0 Å². The maximum absolute atomic E-state index is 6.32. The smallest absolute Gasteiger partial charge is 0.0474 e. The topological polar surface area (TPSA) is 9.23 Å². The molecule has 0 saturated heterocycles. The lowest BCUT2D eigenvalue weighted by Gasteiger charge is -2.38. The van der Waals surface area contributed by atoms with Crippen LogP contribution in [0, 0.1) is 0 Å². The number of halogens is 1. The van der Waals surface area contributed by atoms with Crippen LogP contribution in [0.5, 0.6) is 0 Å². The van der Waals surface area contributed by atoms with Crippen LogP contribution < -0.4 is 0 Å². The molecule has 1 aromatic carbocycles. The Bertz CT molecular complexity index is 377. The van der Waals surface area contributed by atoms with Crippen LogP contribution in [-0.4, -0.2) is 19.1 Å². The van der Waals surface area contributed by atoms with Gasteiger partial charge in [-0.2, -0.15) is 0 Å². The minimum Gasteiger partial charge on any atom is -0.381 e. The molecular weight excluding hydrogens is 244 g/mol. The Labute approximate surface area is 115 Å². The fraction of sp³-hybridized carbons (Fsp3) is 0.625. The maximum Gasteiger partial charge on any atom is 0.0474 e. The van der Waals surface area contributed by atoms with Gasteiger partial charge < -0.3 is 4.74 Å². The highest BCUT2D eigenvalue weighted by Crippen LogP contribution is 2.40. The molecule has 100 valence electrons. The third-order valence-electron chi connectivity index (χ3n) is 4.02. The molecule has 0 bridgehead atoms. The fourth-order valence-corrected chi connectivity index (χ4v) is 3.40. The summed E-state index contributed by atoms with van der Waals surface area (Å²) in [5.74, 6) is 0.708. The molecule has 2 heteroatoms. The monoisotopic (exact) mass is 266 g/mol. The van der Waals surface area contributed by atoms with Crippen LogP contribution in [0.15, 0.2) is 24.3 Å². The number of alkyl halides is 1. The number of rotatable bonds is 6. The van der Waals surface area contributed by atoms with Gasteiger partial charge in [-0.15, -0.1) is 11.6 Å². The van der Waals surface area contributed by atoms with E-state index < -0.39 is 0 Å². The van der Waals surface area contributed by atoms with E-state index in [1.165, 1.54) is 30.4 Å². The third-order valence-corrected chi connectivity index (χ3v) is 4.53.